The van der Waals surface area contributed by atoms with Crippen molar-refractivity contribution >= 4 is 0 Å². The molecule has 1 heteroatoms. The van der Waals surface area contributed by atoms with E-state index in [1.54, 1.807) is 7.11 Å². The van der Waals surface area contributed by atoms with Crippen molar-refractivity contribution in [2.75, 3.05) is 7.11 Å². The van der Waals surface area contributed by atoms with Gasteiger partial charge in [-0.25, -0.2) is 0 Å². The Morgan fingerprint density at radius 3 is 1.95 bits per heavy atom. The molecule has 0 aliphatic rings. The first kappa shape index (κ1) is 13.4. The average molecular weight is 274 g/mol. The zero-order valence-corrected chi connectivity index (χ0v) is 12.3. The topological polar surface area (TPSA) is 9.23 Å². The number of ether oxygens (including phenoxy) is 1. The van der Waals surface area contributed by atoms with Gasteiger partial charge in [-0.05, 0) is 18.1 Å². The molecule has 0 bridgehead atoms. The molecule has 0 amide bonds. The smallest absolute Gasteiger partial charge is 0.134 e. The van der Waals surface area contributed by atoms with Gasteiger partial charge in [0, 0.05) is 11.1 Å². The minimum Gasteiger partial charge on any atom is -0.495 e. The molecule has 0 aromatic heterocycles. The molecule has 0 aliphatic heterocycles. The van der Waals surface area contributed by atoms with Crippen molar-refractivity contribution in [3.05, 3.63) is 78.4 Å². The van der Waals surface area contributed by atoms with E-state index < -0.39 is 0 Å². The van der Waals surface area contributed by atoms with Crippen molar-refractivity contribution in [2.45, 2.75) is 6.92 Å². The molecule has 0 radical (unpaired) electrons. The van der Waals surface area contributed by atoms with E-state index in [1.165, 1.54) is 16.7 Å². The molecule has 0 saturated carbocycles. The van der Waals surface area contributed by atoms with Crippen LogP contribution in [-0.2, 0) is 0 Å². The van der Waals surface area contributed by atoms with E-state index in [9.17, 15) is 0 Å². The molecule has 0 fully saturated rings. The van der Waals surface area contributed by atoms with Gasteiger partial charge < -0.3 is 4.74 Å². The summed E-state index contributed by atoms with van der Waals surface area (Å²) in [6.07, 6.45) is 0. The lowest BCUT2D eigenvalue weighted by Gasteiger charge is -2.14. The molecule has 3 aromatic carbocycles. The number of methoxy groups -OCH3 is 1. The van der Waals surface area contributed by atoms with Crippen LogP contribution in [0.4, 0.5) is 0 Å². The Hall–Kier alpha value is -2.54. The Morgan fingerprint density at radius 2 is 1.29 bits per heavy atom. The fourth-order valence-corrected chi connectivity index (χ4v) is 2.64. The molecule has 0 saturated heterocycles. The molecule has 0 N–H and O–H groups in total. The van der Waals surface area contributed by atoms with Gasteiger partial charge in [0.05, 0.1) is 7.11 Å². The molecule has 1 nitrogen and oxygen atoms in total. The first-order valence-corrected chi connectivity index (χ1v) is 7.09. The van der Waals surface area contributed by atoms with E-state index in [0.29, 0.717) is 0 Å². The van der Waals surface area contributed by atoms with Gasteiger partial charge in [0.2, 0.25) is 0 Å². The quantitative estimate of drug-likeness (QED) is 0.626. The Balaban J connectivity index is 2.19. The van der Waals surface area contributed by atoms with Gasteiger partial charge in [-0.1, -0.05) is 78.4 Å². The molecule has 0 aliphatic carbocycles. The van der Waals surface area contributed by atoms with E-state index in [2.05, 4.69) is 61.5 Å². The minimum atomic E-state index is 0.925. The number of rotatable bonds is 3. The monoisotopic (exact) mass is 274 g/mol. The molecule has 3 aromatic rings. The Labute approximate surface area is 125 Å². The molecule has 0 unspecified atom stereocenters. The zero-order valence-electron chi connectivity index (χ0n) is 12.3. The number of aryl methyl sites for hydroxylation is 1. The van der Waals surface area contributed by atoms with Gasteiger partial charge in [-0.3, -0.25) is 0 Å². The van der Waals surface area contributed by atoms with Crippen LogP contribution in [-0.4, -0.2) is 7.11 Å². The third-order valence-corrected chi connectivity index (χ3v) is 3.63. The van der Waals surface area contributed by atoms with Gasteiger partial charge in [0.25, 0.3) is 0 Å². The van der Waals surface area contributed by atoms with Crippen molar-refractivity contribution < 1.29 is 4.74 Å². The van der Waals surface area contributed by atoms with Crippen LogP contribution in [0.5, 0.6) is 5.75 Å². The maximum absolute atomic E-state index is 5.73. The van der Waals surface area contributed by atoms with Gasteiger partial charge in [-0.2, -0.15) is 0 Å². The fraction of sp³-hybridized carbons (Fsp3) is 0.100. The SMILES string of the molecule is COc1c(-c2ccccc2)cccc1-c1cccc(C)c1. The van der Waals surface area contributed by atoms with Crippen LogP contribution in [0.2, 0.25) is 0 Å². The predicted octanol–water partition coefficient (Wildman–Crippen LogP) is 5.34. The van der Waals surface area contributed by atoms with Crippen LogP contribution >= 0.6 is 0 Å². The second-order valence-electron chi connectivity index (χ2n) is 5.12. The third-order valence-electron chi connectivity index (χ3n) is 3.63. The standard InChI is InChI=1S/C20H18O/c1-15-8-6-11-17(14-15)19-13-7-12-18(20(19)21-2)16-9-4-3-5-10-16/h3-14H,1-2H3. The first-order chi connectivity index (χ1) is 10.3. The molecule has 0 atom stereocenters. The van der Waals surface area contributed by atoms with Crippen molar-refractivity contribution in [3.63, 3.8) is 0 Å². The molecule has 104 valence electrons. The minimum absolute atomic E-state index is 0.925. The highest BCUT2D eigenvalue weighted by molar-refractivity contribution is 5.82. The van der Waals surface area contributed by atoms with Crippen LogP contribution in [0.25, 0.3) is 22.3 Å². The molecular weight excluding hydrogens is 256 g/mol. The Bertz CT molecular complexity index is 745. The molecule has 3 rings (SSSR count). The second-order valence-corrected chi connectivity index (χ2v) is 5.12. The van der Waals surface area contributed by atoms with E-state index in [-0.39, 0.29) is 0 Å². The van der Waals surface area contributed by atoms with Crippen LogP contribution in [0, 0.1) is 6.92 Å². The number of para-hydroxylation sites is 1. The van der Waals surface area contributed by atoms with Crippen molar-refractivity contribution in [2.24, 2.45) is 0 Å². The summed E-state index contributed by atoms with van der Waals surface area (Å²) in [6, 6.07) is 25.1. The highest BCUT2D eigenvalue weighted by Crippen LogP contribution is 2.38. The van der Waals surface area contributed by atoms with Gasteiger partial charge >= 0.3 is 0 Å². The Morgan fingerprint density at radius 1 is 0.667 bits per heavy atom. The summed E-state index contributed by atoms with van der Waals surface area (Å²) in [5.41, 5.74) is 5.85. The summed E-state index contributed by atoms with van der Waals surface area (Å²) < 4.78 is 5.73. The summed E-state index contributed by atoms with van der Waals surface area (Å²) in [5.74, 6) is 0.925. The molecule has 0 spiro atoms. The summed E-state index contributed by atoms with van der Waals surface area (Å²) in [6.45, 7) is 2.11. The third kappa shape index (κ3) is 2.68. The maximum Gasteiger partial charge on any atom is 0.134 e. The number of hydrogen-bond acceptors (Lipinski definition) is 1. The largest absolute Gasteiger partial charge is 0.495 e. The molecule has 21 heavy (non-hydrogen) atoms. The zero-order chi connectivity index (χ0) is 14.7. The van der Waals surface area contributed by atoms with Crippen LogP contribution in [0.3, 0.4) is 0 Å². The van der Waals surface area contributed by atoms with E-state index in [4.69, 9.17) is 4.74 Å². The summed E-state index contributed by atoms with van der Waals surface area (Å²) >= 11 is 0. The van der Waals surface area contributed by atoms with Crippen LogP contribution in [0.1, 0.15) is 5.56 Å². The summed E-state index contributed by atoms with van der Waals surface area (Å²) in [4.78, 5) is 0. The number of hydrogen-bond donors (Lipinski definition) is 0. The molecule has 0 heterocycles. The van der Waals surface area contributed by atoms with Crippen molar-refractivity contribution in [1.82, 2.24) is 0 Å². The summed E-state index contributed by atoms with van der Waals surface area (Å²) in [5, 5.41) is 0. The van der Waals surface area contributed by atoms with Gasteiger partial charge in [0.1, 0.15) is 5.75 Å². The summed E-state index contributed by atoms with van der Waals surface area (Å²) in [7, 11) is 1.74. The highest BCUT2D eigenvalue weighted by Gasteiger charge is 2.12. The predicted molar refractivity (Wildman–Crippen MR) is 88.6 cm³/mol. The average Bonchev–Trinajstić information content (AvgIpc) is 2.55. The lowest BCUT2D eigenvalue weighted by Crippen LogP contribution is -1.92. The van der Waals surface area contributed by atoms with Crippen LogP contribution in [0.15, 0.2) is 72.8 Å². The lowest BCUT2D eigenvalue weighted by atomic mass is 9.96. The van der Waals surface area contributed by atoms with Crippen molar-refractivity contribution in [1.29, 1.82) is 0 Å². The van der Waals surface area contributed by atoms with Gasteiger partial charge in [-0.15, -0.1) is 0 Å². The normalized spacial score (nSPS) is 10.4. The molecular formula is C20H18O. The Kier molecular flexibility index (Phi) is 3.74. The van der Waals surface area contributed by atoms with Gasteiger partial charge in [0.15, 0.2) is 0 Å². The second kappa shape index (κ2) is 5.84. The number of benzene rings is 3. The van der Waals surface area contributed by atoms with Crippen molar-refractivity contribution in [3.8, 4) is 28.0 Å². The van der Waals surface area contributed by atoms with Crippen LogP contribution < -0.4 is 4.74 Å². The van der Waals surface area contributed by atoms with E-state index >= 15 is 0 Å². The fourth-order valence-electron chi connectivity index (χ4n) is 2.64. The van der Waals surface area contributed by atoms with E-state index in [0.717, 1.165) is 16.9 Å². The van der Waals surface area contributed by atoms with E-state index in [1.807, 2.05) is 18.2 Å². The lowest BCUT2D eigenvalue weighted by molar-refractivity contribution is 0.418. The highest BCUT2D eigenvalue weighted by atomic mass is 16.5. The maximum atomic E-state index is 5.73. The first-order valence-electron chi connectivity index (χ1n) is 7.09.